The monoisotopic (exact) mass is 275 g/mol. The van der Waals surface area contributed by atoms with Gasteiger partial charge in [-0.25, -0.2) is 0 Å². The van der Waals surface area contributed by atoms with Gasteiger partial charge in [-0.2, -0.15) is 0 Å². The van der Waals surface area contributed by atoms with Gasteiger partial charge in [0.2, 0.25) is 0 Å². The summed E-state index contributed by atoms with van der Waals surface area (Å²) in [6, 6.07) is 7.15. The van der Waals surface area contributed by atoms with Crippen molar-refractivity contribution < 1.29 is 9.72 Å². The van der Waals surface area contributed by atoms with Crippen LogP contribution in [0.1, 0.15) is 36.0 Å². The van der Waals surface area contributed by atoms with E-state index in [1.54, 1.807) is 12.1 Å². The molecule has 2 N–H and O–H groups in total. The molecular weight excluding hydrogens is 258 g/mol. The number of nitrogens with one attached hydrogen (secondary N) is 2. The molecule has 6 nitrogen and oxygen atoms in total. The highest BCUT2D eigenvalue weighted by Crippen LogP contribution is 2.27. The number of benzene rings is 1. The minimum atomic E-state index is -0.513. The van der Waals surface area contributed by atoms with Gasteiger partial charge in [-0.3, -0.25) is 14.9 Å². The molecule has 0 aliphatic carbocycles. The maximum atomic E-state index is 12.2. The Balaban J connectivity index is 1.72. The molecule has 0 aromatic heterocycles. The highest BCUT2D eigenvalue weighted by molar-refractivity contribution is 5.98. The number of carbonyl (C=O) groups is 1. The van der Waals surface area contributed by atoms with Crippen molar-refractivity contribution in [1.29, 1.82) is 0 Å². The van der Waals surface area contributed by atoms with Gasteiger partial charge in [0.05, 0.1) is 4.92 Å². The number of fused-ring (bicyclic) bond motifs is 2. The third-order valence-corrected chi connectivity index (χ3v) is 4.15. The van der Waals surface area contributed by atoms with Gasteiger partial charge in [0, 0.05) is 24.2 Å². The van der Waals surface area contributed by atoms with E-state index in [2.05, 4.69) is 10.6 Å². The fraction of sp³-hybridized carbons (Fsp3) is 0.500. The molecule has 106 valence electrons. The van der Waals surface area contributed by atoms with Gasteiger partial charge >= 0.3 is 0 Å². The van der Waals surface area contributed by atoms with Gasteiger partial charge < -0.3 is 10.6 Å². The SMILES string of the molecule is O=C(NC1CC2CCC(C1)N2)c1ccccc1[N+](=O)[O-]. The molecule has 1 aromatic rings. The van der Waals surface area contributed by atoms with Crippen LogP contribution in [0.5, 0.6) is 0 Å². The maximum absolute atomic E-state index is 12.2. The summed E-state index contributed by atoms with van der Waals surface area (Å²) in [5.41, 5.74) is 0.00489. The molecule has 1 amide bonds. The van der Waals surface area contributed by atoms with Crippen LogP contribution in [0.25, 0.3) is 0 Å². The van der Waals surface area contributed by atoms with Crippen molar-refractivity contribution in [1.82, 2.24) is 10.6 Å². The smallest absolute Gasteiger partial charge is 0.282 e. The molecule has 2 heterocycles. The zero-order chi connectivity index (χ0) is 14.1. The van der Waals surface area contributed by atoms with Crippen molar-refractivity contribution >= 4 is 11.6 Å². The molecule has 1 aromatic carbocycles. The van der Waals surface area contributed by atoms with E-state index in [0.29, 0.717) is 12.1 Å². The van der Waals surface area contributed by atoms with E-state index in [0.717, 1.165) is 25.7 Å². The number of piperidine rings is 1. The van der Waals surface area contributed by atoms with Gasteiger partial charge in [0.25, 0.3) is 11.6 Å². The average Bonchev–Trinajstić information content (AvgIpc) is 2.78. The Labute approximate surface area is 116 Å². The highest BCUT2D eigenvalue weighted by Gasteiger charge is 2.34. The van der Waals surface area contributed by atoms with Gasteiger partial charge in [-0.15, -0.1) is 0 Å². The second-order valence-electron chi connectivity index (χ2n) is 5.55. The Morgan fingerprint density at radius 3 is 2.55 bits per heavy atom. The first-order chi connectivity index (χ1) is 9.63. The van der Waals surface area contributed by atoms with E-state index >= 15 is 0 Å². The number of nitro groups is 1. The molecule has 0 radical (unpaired) electrons. The molecule has 2 atom stereocenters. The second kappa shape index (κ2) is 5.20. The number of nitro benzene ring substituents is 1. The lowest BCUT2D eigenvalue weighted by Gasteiger charge is -2.29. The van der Waals surface area contributed by atoms with Crippen molar-refractivity contribution in [3.63, 3.8) is 0 Å². The average molecular weight is 275 g/mol. The quantitative estimate of drug-likeness (QED) is 0.648. The van der Waals surface area contributed by atoms with Crippen LogP contribution in [-0.4, -0.2) is 29.0 Å². The Kier molecular flexibility index (Phi) is 3.40. The molecule has 2 saturated heterocycles. The number of hydrogen-bond donors (Lipinski definition) is 2. The standard InChI is InChI=1S/C14H17N3O3/c18-14(12-3-1-2-4-13(12)17(19)20)16-11-7-9-5-6-10(8-11)15-9/h1-4,9-11,15H,5-8H2,(H,16,18). The molecule has 0 saturated carbocycles. The van der Waals surface area contributed by atoms with Crippen LogP contribution < -0.4 is 10.6 Å². The third kappa shape index (κ3) is 2.51. The number of rotatable bonds is 3. The van der Waals surface area contributed by atoms with Crippen LogP contribution in [0, 0.1) is 10.1 Å². The van der Waals surface area contributed by atoms with Crippen LogP contribution >= 0.6 is 0 Å². The van der Waals surface area contributed by atoms with Gasteiger partial charge in [-0.05, 0) is 31.7 Å². The first-order valence-electron chi connectivity index (χ1n) is 6.94. The van der Waals surface area contributed by atoms with Gasteiger partial charge in [-0.1, -0.05) is 12.1 Å². The number of amides is 1. The summed E-state index contributed by atoms with van der Waals surface area (Å²) in [4.78, 5) is 22.7. The van der Waals surface area contributed by atoms with Crippen molar-refractivity contribution in [2.75, 3.05) is 0 Å². The van der Waals surface area contributed by atoms with E-state index in [1.165, 1.54) is 12.1 Å². The van der Waals surface area contributed by atoms with Crippen LogP contribution in [0.3, 0.4) is 0 Å². The number of para-hydroxylation sites is 1. The predicted octanol–water partition coefficient (Wildman–Crippen LogP) is 1.61. The lowest BCUT2D eigenvalue weighted by Crippen LogP contribution is -2.48. The molecule has 2 aliphatic heterocycles. The van der Waals surface area contributed by atoms with E-state index in [-0.39, 0.29) is 23.2 Å². The summed E-state index contributed by atoms with van der Waals surface area (Å²) >= 11 is 0. The van der Waals surface area contributed by atoms with E-state index < -0.39 is 4.92 Å². The maximum Gasteiger partial charge on any atom is 0.282 e. The van der Waals surface area contributed by atoms with Crippen molar-refractivity contribution in [2.45, 2.75) is 43.8 Å². The lowest BCUT2D eigenvalue weighted by molar-refractivity contribution is -0.385. The van der Waals surface area contributed by atoms with Crippen LogP contribution in [-0.2, 0) is 0 Å². The molecule has 2 bridgehead atoms. The highest BCUT2D eigenvalue weighted by atomic mass is 16.6. The van der Waals surface area contributed by atoms with Crippen molar-refractivity contribution in [2.24, 2.45) is 0 Å². The third-order valence-electron chi connectivity index (χ3n) is 4.15. The minimum absolute atomic E-state index is 0.112. The lowest BCUT2D eigenvalue weighted by atomic mass is 9.99. The first kappa shape index (κ1) is 13.1. The van der Waals surface area contributed by atoms with Crippen LogP contribution in [0.15, 0.2) is 24.3 Å². The molecule has 2 unspecified atom stereocenters. The molecule has 20 heavy (non-hydrogen) atoms. The Morgan fingerprint density at radius 2 is 1.90 bits per heavy atom. The van der Waals surface area contributed by atoms with Gasteiger partial charge in [0.15, 0.2) is 0 Å². The Bertz CT molecular complexity index is 534. The normalized spacial score (nSPS) is 28.1. The predicted molar refractivity (Wildman–Crippen MR) is 73.5 cm³/mol. The Hall–Kier alpha value is -1.95. The second-order valence-corrected chi connectivity index (χ2v) is 5.55. The molecule has 2 aliphatic rings. The summed E-state index contributed by atoms with van der Waals surface area (Å²) in [5, 5.41) is 17.4. The fourth-order valence-electron chi connectivity index (χ4n) is 3.26. The summed E-state index contributed by atoms with van der Waals surface area (Å²) in [5.74, 6) is -0.344. The van der Waals surface area contributed by atoms with Gasteiger partial charge in [0.1, 0.15) is 5.56 Å². The van der Waals surface area contributed by atoms with E-state index in [4.69, 9.17) is 0 Å². The van der Waals surface area contributed by atoms with Crippen LogP contribution in [0.4, 0.5) is 5.69 Å². The minimum Gasteiger partial charge on any atom is -0.349 e. The molecular formula is C14H17N3O3. The largest absolute Gasteiger partial charge is 0.349 e. The molecule has 2 fully saturated rings. The van der Waals surface area contributed by atoms with Crippen molar-refractivity contribution in [3.05, 3.63) is 39.9 Å². The summed E-state index contributed by atoms with van der Waals surface area (Å²) < 4.78 is 0. The fourth-order valence-corrected chi connectivity index (χ4v) is 3.26. The number of carbonyl (C=O) groups excluding carboxylic acids is 1. The summed E-state index contributed by atoms with van der Waals surface area (Å²) in [6.07, 6.45) is 4.12. The van der Waals surface area contributed by atoms with Crippen LogP contribution in [0.2, 0.25) is 0 Å². The number of nitrogens with zero attached hydrogens (tertiary/aromatic N) is 1. The molecule has 3 rings (SSSR count). The summed E-state index contributed by atoms with van der Waals surface area (Å²) in [6.45, 7) is 0. The zero-order valence-corrected chi connectivity index (χ0v) is 11.0. The van der Waals surface area contributed by atoms with E-state index in [9.17, 15) is 14.9 Å². The number of hydrogen-bond acceptors (Lipinski definition) is 4. The molecule has 0 spiro atoms. The zero-order valence-electron chi connectivity index (χ0n) is 11.0. The summed E-state index contributed by atoms with van der Waals surface area (Å²) in [7, 11) is 0. The Morgan fingerprint density at radius 1 is 1.25 bits per heavy atom. The first-order valence-corrected chi connectivity index (χ1v) is 6.94. The van der Waals surface area contributed by atoms with E-state index in [1.807, 2.05) is 0 Å². The van der Waals surface area contributed by atoms with Crippen molar-refractivity contribution in [3.8, 4) is 0 Å². The molecule has 6 heteroatoms. The topological polar surface area (TPSA) is 84.3 Å².